The van der Waals surface area contributed by atoms with E-state index in [9.17, 15) is 10.1 Å². The number of fused-ring (bicyclic) bond motifs is 1. The van der Waals surface area contributed by atoms with Crippen LogP contribution in [0, 0.1) is 11.3 Å². The highest BCUT2D eigenvalue weighted by atomic mass is 35.5. The average molecular weight is 421 g/mol. The fourth-order valence-electron chi connectivity index (χ4n) is 3.06. The fourth-order valence-corrected chi connectivity index (χ4v) is 3.29. The predicted octanol–water partition coefficient (Wildman–Crippen LogP) is 3.17. The van der Waals surface area contributed by atoms with Crippen molar-refractivity contribution in [2.24, 2.45) is 0 Å². The number of nitrogens with zero attached hydrogens (tertiary/aromatic N) is 4. The van der Waals surface area contributed by atoms with E-state index in [1.54, 1.807) is 4.90 Å². The molecule has 9 heteroatoms. The van der Waals surface area contributed by atoms with Crippen molar-refractivity contribution in [3.05, 3.63) is 51.9 Å². The number of nitrogens with one attached hydrogen (secondary N) is 2. The normalized spacial score (nSPS) is 12.4. The molecule has 0 unspecified atom stereocenters. The van der Waals surface area contributed by atoms with Crippen molar-refractivity contribution in [1.29, 1.82) is 5.26 Å². The lowest BCUT2D eigenvalue weighted by molar-refractivity contribution is 0.192. The lowest BCUT2D eigenvalue weighted by Gasteiger charge is -2.29. The van der Waals surface area contributed by atoms with E-state index in [0.29, 0.717) is 38.4 Å². The number of aromatic nitrogens is 2. The molecule has 148 valence electrons. The quantitative estimate of drug-likeness (QED) is 0.774. The largest absolute Gasteiger partial charge is 0.369 e. The molecular weight excluding hydrogens is 399 g/mol. The number of hydrogen-bond donors (Lipinski definition) is 2. The maximum Gasteiger partial charge on any atom is 0.317 e. The number of amides is 2. The highest BCUT2D eigenvalue weighted by molar-refractivity contribution is 6.31. The van der Waals surface area contributed by atoms with E-state index in [0.717, 1.165) is 28.3 Å². The molecule has 1 aromatic carbocycles. The second-order valence-corrected chi connectivity index (χ2v) is 6.62. The van der Waals surface area contributed by atoms with Crippen LogP contribution in [0.4, 0.5) is 10.6 Å². The molecule has 7 nitrogen and oxygen atoms in total. The number of anilines is 1. The van der Waals surface area contributed by atoms with Gasteiger partial charge in [0.05, 0.1) is 12.2 Å². The van der Waals surface area contributed by atoms with E-state index < -0.39 is 0 Å². The zero-order chi connectivity index (χ0) is 19.2. The SMILES string of the molecule is CCNC(=O)N1CCc2nc(C#N)nc(NCCc3ccccc3Cl)c2C1.Cl. The molecule has 2 heterocycles. The summed E-state index contributed by atoms with van der Waals surface area (Å²) in [5.41, 5.74) is 2.73. The number of carbonyl (C=O) groups excluding carboxylic acids is 1. The first kappa shape index (κ1) is 21.7. The Morgan fingerprint density at radius 1 is 1.36 bits per heavy atom. The summed E-state index contributed by atoms with van der Waals surface area (Å²) in [6.07, 6.45) is 1.32. The predicted molar refractivity (Wildman–Crippen MR) is 111 cm³/mol. The maximum absolute atomic E-state index is 12.2. The third-order valence-electron chi connectivity index (χ3n) is 4.42. The van der Waals surface area contributed by atoms with E-state index in [1.807, 2.05) is 37.3 Å². The summed E-state index contributed by atoms with van der Waals surface area (Å²) in [7, 11) is 0. The summed E-state index contributed by atoms with van der Waals surface area (Å²) < 4.78 is 0. The Kier molecular flexibility index (Phi) is 7.85. The molecule has 0 radical (unpaired) electrons. The zero-order valence-corrected chi connectivity index (χ0v) is 17.1. The second kappa shape index (κ2) is 10.1. The van der Waals surface area contributed by atoms with Crippen molar-refractivity contribution in [3.63, 3.8) is 0 Å². The van der Waals surface area contributed by atoms with Gasteiger partial charge in [-0.1, -0.05) is 29.8 Å². The Morgan fingerprint density at radius 3 is 2.86 bits per heavy atom. The van der Waals surface area contributed by atoms with Gasteiger partial charge in [0, 0.05) is 36.6 Å². The van der Waals surface area contributed by atoms with E-state index in [2.05, 4.69) is 20.6 Å². The van der Waals surface area contributed by atoms with Crippen molar-refractivity contribution in [1.82, 2.24) is 20.2 Å². The molecule has 0 saturated heterocycles. The molecule has 2 N–H and O–H groups in total. The molecule has 0 atom stereocenters. The number of benzene rings is 1. The van der Waals surface area contributed by atoms with Crippen molar-refractivity contribution in [2.45, 2.75) is 26.3 Å². The first-order valence-electron chi connectivity index (χ1n) is 8.92. The molecular formula is C19H22Cl2N6O. The Labute approximate surface area is 175 Å². The summed E-state index contributed by atoms with van der Waals surface area (Å²) >= 11 is 6.21. The summed E-state index contributed by atoms with van der Waals surface area (Å²) in [5, 5.41) is 16.1. The molecule has 0 bridgehead atoms. The van der Waals surface area contributed by atoms with Crippen LogP contribution in [0.3, 0.4) is 0 Å². The summed E-state index contributed by atoms with van der Waals surface area (Å²) in [6.45, 7) is 4.06. The molecule has 1 aliphatic heterocycles. The van der Waals surface area contributed by atoms with Gasteiger partial charge >= 0.3 is 6.03 Å². The number of urea groups is 1. The molecule has 0 aliphatic carbocycles. The molecule has 1 aliphatic rings. The molecule has 3 rings (SSSR count). The van der Waals surface area contributed by atoms with Gasteiger partial charge in [0.2, 0.25) is 5.82 Å². The van der Waals surface area contributed by atoms with Gasteiger partial charge < -0.3 is 15.5 Å². The number of nitriles is 1. The first-order valence-corrected chi connectivity index (χ1v) is 9.30. The molecule has 0 fully saturated rings. The van der Waals surface area contributed by atoms with Crippen molar-refractivity contribution < 1.29 is 4.79 Å². The molecule has 1 aromatic heterocycles. The number of halogens is 2. The van der Waals surface area contributed by atoms with E-state index in [1.165, 1.54) is 0 Å². The van der Waals surface area contributed by atoms with E-state index in [-0.39, 0.29) is 24.3 Å². The first-order chi connectivity index (χ1) is 13.1. The fraction of sp³-hybridized carbons (Fsp3) is 0.368. The smallest absolute Gasteiger partial charge is 0.317 e. The van der Waals surface area contributed by atoms with Crippen molar-refractivity contribution in [3.8, 4) is 6.07 Å². The highest BCUT2D eigenvalue weighted by Gasteiger charge is 2.25. The average Bonchev–Trinajstić information content (AvgIpc) is 2.69. The van der Waals surface area contributed by atoms with Gasteiger partial charge in [-0.2, -0.15) is 5.26 Å². The van der Waals surface area contributed by atoms with Gasteiger partial charge in [-0.15, -0.1) is 12.4 Å². The van der Waals surface area contributed by atoms with Crippen LogP contribution >= 0.6 is 24.0 Å². The van der Waals surface area contributed by atoms with Crippen LogP contribution < -0.4 is 10.6 Å². The van der Waals surface area contributed by atoms with Crippen LogP contribution in [0.25, 0.3) is 0 Å². The monoisotopic (exact) mass is 420 g/mol. The molecule has 2 amide bonds. The van der Waals surface area contributed by atoms with Gasteiger partial charge in [-0.25, -0.2) is 14.8 Å². The van der Waals surface area contributed by atoms with Gasteiger partial charge in [0.1, 0.15) is 11.9 Å². The van der Waals surface area contributed by atoms with Gasteiger partial charge in [0.25, 0.3) is 0 Å². The van der Waals surface area contributed by atoms with Crippen LogP contribution in [0.1, 0.15) is 29.6 Å². The molecule has 0 spiro atoms. The Morgan fingerprint density at radius 2 is 2.14 bits per heavy atom. The number of carbonyl (C=O) groups is 1. The lowest BCUT2D eigenvalue weighted by atomic mass is 10.1. The summed E-state index contributed by atoms with van der Waals surface area (Å²) in [6, 6.07) is 9.60. The highest BCUT2D eigenvalue weighted by Crippen LogP contribution is 2.24. The van der Waals surface area contributed by atoms with Crippen molar-refractivity contribution in [2.75, 3.05) is 25.0 Å². The Bertz CT molecular complexity index is 883. The molecule has 0 saturated carbocycles. The van der Waals surface area contributed by atoms with Crippen molar-refractivity contribution >= 4 is 35.9 Å². The molecule has 2 aromatic rings. The summed E-state index contributed by atoms with van der Waals surface area (Å²) in [4.78, 5) is 22.5. The topological polar surface area (TPSA) is 93.9 Å². The van der Waals surface area contributed by atoms with Crippen LogP contribution in [0.15, 0.2) is 24.3 Å². The molecule has 28 heavy (non-hydrogen) atoms. The van der Waals surface area contributed by atoms with Crippen LogP contribution in [0.5, 0.6) is 0 Å². The van der Waals surface area contributed by atoms with E-state index in [4.69, 9.17) is 11.6 Å². The maximum atomic E-state index is 12.2. The second-order valence-electron chi connectivity index (χ2n) is 6.21. The number of hydrogen-bond acceptors (Lipinski definition) is 5. The van der Waals surface area contributed by atoms with Gasteiger partial charge in [-0.05, 0) is 25.0 Å². The third-order valence-corrected chi connectivity index (χ3v) is 4.79. The van der Waals surface area contributed by atoms with Crippen LogP contribution in [-0.2, 0) is 19.4 Å². The minimum Gasteiger partial charge on any atom is -0.369 e. The van der Waals surface area contributed by atoms with Crippen LogP contribution in [-0.4, -0.2) is 40.5 Å². The Hall–Kier alpha value is -2.56. The Balaban J connectivity index is 0.00000280. The van der Waals surface area contributed by atoms with Crippen LogP contribution in [0.2, 0.25) is 5.02 Å². The minimum atomic E-state index is -0.102. The lowest BCUT2D eigenvalue weighted by Crippen LogP contribution is -2.43. The van der Waals surface area contributed by atoms with Gasteiger partial charge in [-0.3, -0.25) is 0 Å². The standard InChI is InChI=1S/C19H21ClN6O.ClH/c1-2-22-19(27)26-10-8-16-14(12-26)18(25-17(11-21)24-16)23-9-7-13-5-3-4-6-15(13)20;/h3-6H,2,7-10,12H2,1H3,(H,22,27)(H,23,24,25);1H. The minimum absolute atomic E-state index is 0. The number of rotatable bonds is 5. The van der Waals surface area contributed by atoms with Gasteiger partial charge in [0.15, 0.2) is 0 Å². The van der Waals surface area contributed by atoms with E-state index >= 15 is 0 Å². The zero-order valence-electron chi connectivity index (χ0n) is 15.5. The third kappa shape index (κ3) is 5.03. The summed E-state index contributed by atoms with van der Waals surface area (Å²) in [5.74, 6) is 0.748.